The maximum atomic E-state index is 13.7. The number of carbonyl (C=O) groups excluding carboxylic acids is 2. The van der Waals surface area contributed by atoms with Crippen molar-refractivity contribution in [2.75, 3.05) is 18.8 Å². The van der Waals surface area contributed by atoms with Crippen molar-refractivity contribution in [3.05, 3.63) is 64.7 Å². The smallest absolute Gasteiger partial charge is 0.399 e. The zero-order valence-electron chi connectivity index (χ0n) is 16.5. The topological polar surface area (TPSA) is 128 Å². The van der Waals surface area contributed by atoms with Gasteiger partial charge in [0.1, 0.15) is 0 Å². The third-order valence-corrected chi connectivity index (χ3v) is 5.22. The van der Waals surface area contributed by atoms with E-state index in [9.17, 15) is 22.8 Å². The highest BCUT2D eigenvalue weighted by Crippen LogP contribution is 2.39. The highest BCUT2D eigenvalue weighted by Gasteiger charge is 2.37. The Balaban J connectivity index is 1.79. The molecule has 2 amide bonds. The minimum Gasteiger partial charge on any atom is -0.399 e. The fraction of sp³-hybridized carbons (Fsp3) is 0.286. The van der Waals surface area contributed by atoms with Gasteiger partial charge in [-0.15, -0.1) is 0 Å². The summed E-state index contributed by atoms with van der Waals surface area (Å²) in [6, 6.07) is 9.85. The van der Waals surface area contributed by atoms with Crippen molar-refractivity contribution in [1.29, 1.82) is 0 Å². The second kappa shape index (κ2) is 8.66. The average molecular weight is 433 g/mol. The number of nitrogen functional groups attached to an aromatic ring is 1. The van der Waals surface area contributed by atoms with Gasteiger partial charge in [-0.1, -0.05) is 6.07 Å². The van der Waals surface area contributed by atoms with Crippen molar-refractivity contribution in [2.24, 2.45) is 16.5 Å². The SMILES string of the molecule is NC(N)=NC(=O)c1ccc(C2CCN(C(=O)c3ccc(N)cc3)CC2)c(C(F)(F)F)c1. The Morgan fingerprint density at radius 2 is 1.55 bits per heavy atom. The monoisotopic (exact) mass is 433 g/mol. The number of guanidine groups is 1. The van der Waals surface area contributed by atoms with Crippen LogP contribution in [0.2, 0.25) is 0 Å². The number of nitrogens with zero attached hydrogens (tertiary/aromatic N) is 2. The molecule has 0 bridgehead atoms. The summed E-state index contributed by atoms with van der Waals surface area (Å²) < 4.78 is 41.1. The molecular formula is C21H22F3N5O2. The number of rotatable bonds is 3. The molecule has 0 saturated carbocycles. The number of piperidine rings is 1. The van der Waals surface area contributed by atoms with Crippen molar-refractivity contribution in [2.45, 2.75) is 24.9 Å². The van der Waals surface area contributed by atoms with Crippen LogP contribution in [0.5, 0.6) is 0 Å². The molecule has 0 spiro atoms. The summed E-state index contributed by atoms with van der Waals surface area (Å²) in [7, 11) is 0. The predicted octanol–water partition coefficient (Wildman–Crippen LogP) is 2.72. The fourth-order valence-corrected chi connectivity index (χ4v) is 3.67. The molecule has 10 heteroatoms. The zero-order valence-corrected chi connectivity index (χ0v) is 16.5. The molecule has 0 aliphatic carbocycles. The van der Waals surface area contributed by atoms with Crippen LogP contribution in [0.25, 0.3) is 0 Å². The molecular weight excluding hydrogens is 411 g/mol. The highest BCUT2D eigenvalue weighted by molar-refractivity contribution is 6.02. The minimum absolute atomic E-state index is 0.0910. The van der Waals surface area contributed by atoms with Crippen molar-refractivity contribution >= 4 is 23.5 Å². The van der Waals surface area contributed by atoms with Gasteiger partial charge in [0.05, 0.1) is 5.56 Å². The van der Waals surface area contributed by atoms with E-state index < -0.39 is 29.5 Å². The van der Waals surface area contributed by atoms with E-state index >= 15 is 0 Å². The van der Waals surface area contributed by atoms with Crippen molar-refractivity contribution < 1.29 is 22.8 Å². The quantitative estimate of drug-likeness (QED) is 0.390. The molecule has 164 valence electrons. The lowest BCUT2D eigenvalue weighted by molar-refractivity contribution is -0.138. The second-order valence-corrected chi connectivity index (χ2v) is 7.33. The molecule has 0 unspecified atom stereocenters. The number of hydrogen-bond donors (Lipinski definition) is 3. The number of alkyl halides is 3. The summed E-state index contributed by atoms with van der Waals surface area (Å²) in [4.78, 5) is 29.5. The first-order valence-electron chi connectivity index (χ1n) is 9.56. The molecule has 3 rings (SSSR count). The van der Waals surface area contributed by atoms with Gasteiger partial charge in [-0.05, 0) is 60.7 Å². The van der Waals surface area contributed by atoms with Gasteiger partial charge in [-0.25, -0.2) is 0 Å². The Labute approximate surface area is 176 Å². The molecule has 1 fully saturated rings. The normalized spacial score (nSPS) is 14.9. The van der Waals surface area contributed by atoms with Crippen LogP contribution >= 0.6 is 0 Å². The lowest BCUT2D eigenvalue weighted by Gasteiger charge is -2.33. The van der Waals surface area contributed by atoms with Crippen molar-refractivity contribution in [1.82, 2.24) is 4.90 Å². The van der Waals surface area contributed by atoms with E-state index in [1.54, 1.807) is 29.2 Å². The molecule has 2 aromatic carbocycles. The first-order chi connectivity index (χ1) is 14.6. The highest BCUT2D eigenvalue weighted by atomic mass is 19.4. The van der Waals surface area contributed by atoms with Crippen LogP contribution in [-0.2, 0) is 6.18 Å². The molecule has 1 saturated heterocycles. The Bertz CT molecular complexity index is 1010. The molecule has 31 heavy (non-hydrogen) atoms. The number of carbonyl (C=O) groups is 2. The van der Waals surface area contributed by atoms with Gasteiger partial charge in [0.25, 0.3) is 11.8 Å². The van der Waals surface area contributed by atoms with Gasteiger partial charge in [-0.3, -0.25) is 9.59 Å². The number of nitrogens with two attached hydrogens (primary N) is 3. The van der Waals surface area contributed by atoms with Crippen LogP contribution in [0.3, 0.4) is 0 Å². The summed E-state index contributed by atoms with van der Waals surface area (Å²) in [5.41, 5.74) is 15.9. The van der Waals surface area contributed by atoms with Gasteiger partial charge in [0.15, 0.2) is 5.96 Å². The lowest BCUT2D eigenvalue weighted by atomic mass is 9.85. The summed E-state index contributed by atoms with van der Waals surface area (Å²) in [6.07, 6.45) is -3.92. The van der Waals surface area contributed by atoms with Gasteiger partial charge in [-0.2, -0.15) is 18.2 Å². The fourth-order valence-electron chi connectivity index (χ4n) is 3.67. The van der Waals surface area contributed by atoms with E-state index in [0.29, 0.717) is 37.2 Å². The van der Waals surface area contributed by atoms with Crippen LogP contribution in [0.15, 0.2) is 47.5 Å². The van der Waals surface area contributed by atoms with Crippen LogP contribution in [0, 0.1) is 0 Å². The van der Waals surface area contributed by atoms with Crippen LogP contribution < -0.4 is 17.2 Å². The number of halogens is 3. The molecule has 7 nitrogen and oxygen atoms in total. The van der Waals surface area contributed by atoms with E-state index in [2.05, 4.69) is 4.99 Å². The Morgan fingerprint density at radius 3 is 2.10 bits per heavy atom. The van der Waals surface area contributed by atoms with E-state index in [0.717, 1.165) is 6.07 Å². The summed E-state index contributed by atoms with van der Waals surface area (Å²) in [5, 5.41) is 0. The van der Waals surface area contributed by atoms with Gasteiger partial charge < -0.3 is 22.1 Å². The van der Waals surface area contributed by atoms with Crippen molar-refractivity contribution in [3.8, 4) is 0 Å². The van der Waals surface area contributed by atoms with Gasteiger partial charge in [0, 0.05) is 29.9 Å². The zero-order chi connectivity index (χ0) is 22.8. The third kappa shape index (κ3) is 5.14. The van der Waals surface area contributed by atoms with Crippen LogP contribution in [0.1, 0.15) is 50.6 Å². The molecule has 1 aliphatic heterocycles. The van der Waals surface area contributed by atoms with Crippen LogP contribution in [-0.4, -0.2) is 35.8 Å². The van der Waals surface area contributed by atoms with Gasteiger partial charge >= 0.3 is 6.18 Å². The van der Waals surface area contributed by atoms with E-state index in [1.807, 2.05) is 0 Å². The van der Waals surface area contributed by atoms with Gasteiger partial charge in [0.2, 0.25) is 0 Å². The maximum absolute atomic E-state index is 13.7. The number of amides is 2. The first-order valence-corrected chi connectivity index (χ1v) is 9.56. The lowest BCUT2D eigenvalue weighted by Crippen LogP contribution is -2.38. The summed E-state index contributed by atoms with van der Waals surface area (Å²) >= 11 is 0. The molecule has 0 radical (unpaired) electrons. The van der Waals surface area contributed by atoms with Crippen molar-refractivity contribution in [3.63, 3.8) is 0 Å². The standard InChI is InChI=1S/C21H22F3N5O2/c22-21(23,24)17-11-14(18(30)28-20(26)27)3-6-16(17)12-7-9-29(10-8-12)19(31)13-1-4-15(25)5-2-13/h1-6,11-12H,7-10,25H2,(H4,26,27,28,30). The number of aliphatic imine (C=N–C) groups is 1. The first kappa shape index (κ1) is 22.1. The molecule has 2 aromatic rings. The van der Waals surface area contributed by atoms with E-state index in [1.165, 1.54) is 12.1 Å². The largest absolute Gasteiger partial charge is 0.416 e. The van der Waals surface area contributed by atoms with Crippen LogP contribution in [0.4, 0.5) is 18.9 Å². The minimum atomic E-state index is -4.65. The number of anilines is 1. The molecule has 1 aliphatic rings. The number of hydrogen-bond acceptors (Lipinski definition) is 3. The Morgan fingerprint density at radius 1 is 0.968 bits per heavy atom. The summed E-state index contributed by atoms with van der Waals surface area (Å²) in [5.74, 6) is -2.06. The third-order valence-electron chi connectivity index (χ3n) is 5.22. The number of benzene rings is 2. The number of likely N-dealkylation sites (tertiary alicyclic amines) is 1. The molecule has 1 heterocycles. The molecule has 0 atom stereocenters. The predicted molar refractivity (Wildman–Crippen MR) is 110 cm³/mol. The molecule has 0 aromatic heterocycles. The average Bonchev–Trinajstić information content (AvgIpc) is 2.72. The Hall–Kier alpha value is -3.56. The van der Waals surface area contributed by atoms with E-state index in [-0.39, 0.29) is 17.0 Å². The maximum Gasteiger partial charge on any atom is 0.416 e. The van der Waals surface area contributed by atoms with E-state index in [4.69, 9.17) is 17.2 Å². The second-order valence-electron chi connectivity index (χ2n) is 7.33. The Kier molecular flexibility index (Phi) is 6.19. The summed E-state index contributed by atoms with van der Waals surface area (Å²) in [6.45, 7) is 0.639. The molecule has 6 N–H and O–H groups in total.